The van der Waals surface area contributed by atoms with Gasteiger partial charge in [0.05, 0.1) is 6.20 Å². The Morgan fingerprint density at radius 2 is 1.62 bits per heavy atom. The molecule has 0 aliphatic heterocycles. The molecule has 0 unspecified atom stereocenters. The minimum absolute atomic E-state index is 0.274. The van der Waals surface area contributed by atoms with Gasteiger partial charge >= 0.3 is 0 Å². The first-order valence-corrected chi connectivity index (χ1v) is 5.30. The Morgan fingerprint density at radius 1 is 1.00 bits per heavy atom. The molecule has 2 aromatic rings. The number of benzene rings is 1. The normalized spacial score (nSPS) is 9.88. The lowest BCUT2D eigenvalue weighted by Crippen LogP contribution is -1.92. The Bertz CT molecular complexity index is 507. The molecule has 0 aliphatic carbocycles. The summed E-state index contributed by atoms with van der Waals surface area (Å²) in [5.41, 5.74) is 1.22. The molecular weight excluding hydrogens is 208 g/mol. The molecule has 0 saturated carbocycles. The van der Waals surface area contributed by atoms with Crippen LogP contribution < -0.4 is 0 Å². The number of aromatic nitrogens is 1. The van der Waals surface area contributed by atoms with Crippen LogP contribution in [0, 0.1) is 25.5 Å². The fraction of sp³-hybridized carbons (Fsp3) is 0.308. The molecule has 0 spiro atoms. The first-order chi connectivity index (χ1) is 7.59. The number of hydrogen-bond donors (Lipinski definition) is 0. The van der Waals surface area contributed by atoms with E-state index in [-0.39, 0.29) is 5.39 Å². The Hall–Kier alpha value is -1.51. The molecule has 0 bridgehead atoms. The Labute approximate surface area is 94.1 Å². The van der Waals surface area contributed by atoms with Crippen molar-refractivity contribution in [1.82, 2.24) is 4.98 Å². The van der Waals surface area contributed by atoms with Crippen molar-refractivity contribution in [3.05, 3.63) is 41.2 Å². The lowest BCUT2D eigenvalue weighted by Gasteiger charge is -2.05. The number of rotatable bonds is 0. The van der Waals surface area contributed by atoms with Crippen LogP contribution in [0.3, 0.4) is 0 Å². The Morgan fingerprint density at radius 3 is 2.25 bits per heavy atom. The van der Waals surface area contributed by atoms with Gasteiger partial charge in [0.1, 0.15) is 11.6 Å². The molecule has 0 amide bonds. The summed E-state index contributed by atoms with van der Waals surface area (Å²) in [4.78, 5) is 3.78. The van der Waals surface area contributed by atoms with Gasteiger partial charge in [0, 0.05) is 16.5 Å². The molecule has 86 valence electrons. The quantitative estimate of drug-likeness (QED) is 0.653. The predicted molar refractivity (Wildman–Crippen MR) is 62.5 cm³/mol. The standard InChI is InChI=1S/C11H9F2N.C2H6/c1-6-3-8-10(13)5-14-7(2)11(8)9(12)4-6;1-2/h3-5H,1-2H3;1-2H3. The van der Waals surface area contributed by atoms with E-state index in [2.05, 4.69) is 4.98 Å². The van der Waals surface area contributed by atoms with E-state index in [1.165, 1.54) is 6.07 Å². The number of halogens is 2. The maximum Gasteiger partial charge on any atom is 0.149 e. The van der Waals surface area contributed by atoms with Crippen molar-refractivity contribution >= 4 is 10.8 Å². The minimum atomic E-state index is -0.479. The highest BCUT2D eigenvalue weighted by Gasteiger charge is 2.09. The third kappa shape index (κ3) is 2.18. The van der Waals surface area contributed by atoms with Crippen LogP contribution in [0.1, 0.15) is 25.1 Å². The van der Waals surface area contributed by atoms with Crippen molar-refractivity contribution in [2.45, 2.75) is 27.7 Å². The third-order valence-electron chi connectivity index (χ3n) is 2.23. The summed E-state index contributed by atoms with van der Waals surface area (Å²) in [5.74, 6) is -0.891. The summed E-state index contributed by atoms with van der Waals surface area (Å²) in [7, 11) is 0. The van der Waals surface area contributed by atoms with Gasteiger partial charge in [-0.25, -0.2) is 8.78 Å². The summed E-state index contributed by atoms with van der Waals surface area (Å²) >= 11 is 0. The summed E-state index contributed by atoms with van der Waals surface area (Å²) in [6.45, 7) is 7.40. The van der Waals surface area contributed by atoms with Gasteiger partial charge in [-0.15, -0.1) is 0 Å². The van der Waals surface area contributed by atoms with Crippen molar-refractivity contribution < 1.29 is 8.78 Å². The number of hydrogen-bond acceptors (Lipinski definition) is 1. The molecule has 0 N–H and O–H groups in total. The van der Waals surface area contributed by atoms with Crippen molar-refractivity contribution in [3.63, 3.8) is 0 Å². The molecule has 1 nitrogen and oxygen atoms in total. The van der Waals surface area contributed by atoms with Crippen molar-refractivity contribution in [2.75, 3.05) is 0 Å². The van der Waals surface area contributed by atoms with Gasteiger partial charge in [0.15, 0.2) is 0 Å². The van der Waals surface area contributed by atoms with Gasteiger partial charge in [-0.1, -0.05) is 13.8 Å². The maximum atomic E-state index is 13.5. The van der Waals surface area contributed by atoms with Crippen molar-refractivity contribution in [1.29, 1.82) is 0 Å². The van der Waals surface area contributed by atoms with E-state index in [0.717, 1.165) is 6.20 Å². The molecule has 0 atom stereocenters. The first-order valence-electron chi connectivity index (χ1n) is 5.30. The third-order valence-corrected chi connectivity index (χ3v) is 2.23. The zero-order chi connectivity index (χ0) is 12.3. The largest absolute Gasteiger partial charge is 0.258 e. The van der Waals surface area contributed by atoms with Crippen molar-refractivity contribution in [3.8, 4) is 0 Å². The molecule has 1 heterocycles. The van der Waals surface area contributed by atoms with Crippen LogP contribution in [0.25, 0.3) is 10.8 Å². The van der Waals surface area contributed by atoms with E-state index in [0.29, 0.717) is 16.6 Å². The van der Waals surface area contributed by atoms with E-state index >= 15 is 0 Å². The predicted octanol–water partition coefficient (Wildman–Crippen LogP) is 4.16. The van der Waals surface area contributed by atoms with E-state index < -0.39 is 11.6 Å². The smallest absolute Gasteiger partial charge is 0.149 e. The average molecular weight is 223 g/mol. The highest BCUT2D eigenvalue weighted by Crippen LogP contribution is 2.24. The molecule has 3 heteroatoms. The molecule has 1 aromatic heterocycles. The fourth-order valence-corrected chi connectivity index (χ4v) is 1.59. The van der Waals surface area contributed by atoms with Gasteiger partial charge < -0.3 is 0 Å². The van der Waals surface area contributed by atoms with Crippen LogP contribution in [0.2, 0.25) is 0 Å². The second-order valence-corrected chi connectivity index (χ2v) is 3.36. The van der Waals surface area contributed by atoms with Crippen LogP contribution >= 0.6 is 0 Å². The van der Waals surface area contributed by atoms with E-state index in [1.54, 1.807) is 19.9 Å². The summed E-state index contributed by atoms with van der Waals surface area (Å²) in [6.07, 6.45) is 1.12. The molecule has 0 radical (unpaired) electrons. The van der Waals surface area contributed by atoms with Gasteiger partial charge in [0.25, 0.3) is 0 Å². The van der Waals surface area contributed by atoms with E-state index in [9.17, 15) is 8.78 Å². The van der Waals surface area contributed by atoms with Crippen molar-refractivity contribution in [2.24, 2.45) is 0 Å². The van der Waals surface area contributed by atoms with Gasteiger partial charge in [-0.2, -0.15) is 0 Å². The molecule has 16 heavy (non-hydrogen) atoms. The van der Waals surface area contributed by atoms with Gasteiger partial charge in [0.2, 0.25) is 0 Å². The molecule has 0 aliphatic rings. The topological polar surface area (TPSA) is 12.9 Å². The van der Waals surface area contributed by atoms with E-state index in [1.807, 2.05) is 13.8 Å². The van der Waals surface area contributed by atoms with Crippen LogP contribution in [-0.4, -0.2) is 4.98 Å². The monoisotopic (exact) mass is 223 g/mol. The summed E-state index contributed by atoms with van der Waals surface area (Å²) in [6, 6.07) is 3.01. The van der Waals surface area contributed by atoms with Crippen LogP contribution in [0.4, 0.5) is 8.78 Å². The molecule has 0 fully saturated rings. The summed E-state index contributed by atoms with van der Waals surface area (Å²) in [5, 5.41) is 0.575. The van der Waals surface area contributed by atoms with E-state index in [4.69, 9.17) is 0 Å². The SMILES string of the molecule is CC.Cc1cc(F)c2c(C)ncc(F)c2c1. The number of fused-ring (bicyclic) bond motifs is 1. The molecule has 1 aromatic carbocycles. The summed E-state index contributed by atoms with van der Waals surface area (Å²) < 4.78 is 26.8. The first kappa shape index (κ1) is 12.6. The van der Waals surface area contributed by atoms with Crippen LogP contribution in [0.5, 0.6) is 0 Å². The highest BCUT2D eigenvalue weighted by molar-refractivity contribution is 5.86. The Balaban J connectivity index is 0.000000606. The van der Waals surface area contributed by atoms with Crippen LogP contribution in [-0.2, 0) is 0 Å². The molecule has 0 saturated heterocycles. The number of nitrogens with zero attached hydrogens (tertiary/aromatic N) is 1. The van der Waals surface area contributed by atoms with Gasteiger partial charge in [-0.3, -0.25) is 4.98 Å². The second-order valence-electron chi connectivity index (χ2n) is 3.36. The highest BCUT2D eigenvalue weighted by atomic mass is 19.1. The maximum absolute atomic E-state index is 13.5. The Kier molecular flexibility index (Phi) is 3.93. The minimum Gasteiger partial charge on any atom is -0.258 e. The number of aryl methyl sites for hydroxylation is 2. The van der Waals surface area contributed by atoms with Gasteiger partial charge in [-0.05, 0) is 31.5 Å². The lowest BCUT2D eigenvalue weighted by atomic mass is 10.1. The van der Waals surface area contributed by atoms with Crippen LogP contribution in [0.15, 0.2) is 18.3 Å². The molecule has 2 rings (SSSR count). The number of pyridine rings is 1. The fourth-order valence-electron chi connectivity index (χ4n) is 1.59. The second kappa shape index (κ2) is 5.01. The average Bonchev–Trinajstić information content (AvgIpc) is 2.26. The molecular formula is C13H15F2N. The zero-order valence-corrected chi connectivity index (χ0v) is 9.94. The lowest BCUT2D eigenvalue weighted by molar-refractivity contribution is 0.622. The zero-order valence-electron chi connectivity index (χ0n) is 9.94.